The fourth-order valence-corrected chi connectivity index (χ4v) is 4.03. The molecule has 1 heterocycles. The van der Waals surface area contributed by atoms with Crippen molar-refractivity contribution in [2.24, 2.45) is 0 Å². The Labute approximate surface area is 128 Å². The predicted molar refractivity (Wildman–Crippen MR) is 82.3 cm³/mol. The number of amides is 1. The van der Waals surface area contributed by atoms with Crippen LogP contribution in [0.4, 0.5) is 0 Å². The molecule has 1 amide bonds. The normalized spacial score (nSPS) is 27.3. The van der Waals surface area contributed by atoms with Gasteiger partial charge < -0.3 is 10.4 Å². The fraction of sp³-hybridized carbons (Fsp3) is 0.533. The number of thioether (sulfide) groups is 1. The molecule has 1 atom stereocenters. The van der Waals surface area contributed by atoms with Crippen LogP contribution < -0.4 is 5.32 Å². The molecule has 1 saturated heterocycles. The van der Waals surface area contributed by atoms with Crippen LogP contribution in [-0.2, 0) is 10.2 Å². The van der Waals surface area contributed by atoms with E-state index in [4.69, 9.17) is 11.6 Å². The third-order valence-electron chi connectivity index (χ3n) is 4.32. The summed E-state index contributed by atoms with van der Waals surface area (Å²) in [6.07, 6.45) is 2.70. The van der Waals surface area contributed by atoms with Gasteiger partial charge in [0.1, 0.15) is 0 Å². The van der Waals surface area contributed by atoms with Crippen molar-refractivity contribution in [3.63, 3.8) is 0 Å². The molecule has 108 valence electrons. The molecule has 2 aliphatic rings. The zero-order valence-electron chi connectivity index (χ0n) is 11.2. The zero-order valence-corrected chi connectivity index (χ0v) is 12.8. The molecule has 0 radical (unpaired) electrons. The average molecular weight is 312 g/mol. The van der Waals surface area contributed by atoms with E-state index in [1.54, 1.807) is 11.8 Å². The first-order chi connectivity index (χ1) is 9.54. The van der Waals surface area contributed by atoms with Crippen molar-refractivity contribution in [1.82, 2.24) is 5.32 Å². The Hall–Kier alpha value is -0.710. The summed E-state index contributed by atoms with van der Waals surface area (Å²) in [6.45, 7) is 0.598. The van der Waals surface area contributed by atoms with Crippen LogP contribution in [0.15, 0.2) is 24.3 Å². The zero-order chi connectivity index (χ0) is 14.2. The highest BCUT2D eigenvalue weighted by Gasteiger charge is 2.46. The lowest BCUT2D eigenvalue weighted by Gasteiger charge is -2.23. The second kappa shape index (κ2) is 5.24. The topological polar surface area (TPSA) is 49.3 Å². The van der Waals surface area contributed by atoms with Gasteiger partial charge in [0.2, 0.25) is 0 Å². The second-order valence-electron chi connectivity index (χ2n) is 5.80. The minimum absolute atomic E-state index is 0.0440. The number of nitrogens with one attached hydrogen (secondary N) is 1. The molecule has 1 unspecified atom stereocenters. The summed E-state index contributed by atoms with van der Waals surface area (Å²) in [7, 11) is 0. The van der Waals surface area contributed by atoms with Crippen molar-refractivity contribution in [2.75, 3.05) is 18.1 Å². The predicted octanol–water partition coefficient (Wildman–Crippen LogP) is 2.36. The molecular formula is C15H18ClNO2S. The minimum atomic E-state index is -1.17. The number of rotatable bonds is 4. The molecule has 5 heteroatoms. The quantitative estimate of drug-likeness (QED) is 0.897. The van der Waals surface area contributed by atoms with Gasteiger partial charge in [-0.3, -0.25) is 4.79 Å². The van der Waals surface area contributed by atoms with Gasteiger partial charge in [0.05, 0.1) is 0 Å². The first-order valence-corrected chi connectivity index (χ1v) is 8.42. The van der Waals surface area contributed by atoms with Crippen LogP contribution in [0.1, 0.15) is 24.8 Å². The first-order valence-electron chi connectivity index (χ1n) is 6.89. The van der Waals surface area contributed by atoms with Crippen LogP contribution in [0.3, 0.4) is 0 Å². The number of hydrogen-bond acceptors (Lipinski definition) is 3. The molecule has 0 bridgehead atoms. The highest BCUT2D eigenvalue weighted by atomic mass is 35.5. The Bertz CT molecular complexity index is 507. The SMILES string of the molecule is O=C(NCC1(c2ccc(Cl)cc2)CC1)C1(O)CCSC1. The Morgan fingerprint density at radius 3 is 2.55 bits per heavy atom. The fourth-order valence-electron chi connectivity index (χ4n) is 2.67. The van der Waals surface area contributed by atoms with Gasteiger partial charge in [0.25, 0.3) is 5.91 Å². The van der Waals surface area contributed by atoms with Crippen LogP contribution >= 0.6 is 23.4 Å². The van der Waals surface area contributed by atoms with Gasteiger partial charge in [-0.05, 0) is 42.7 Å². The average Bonchev–Trinajstić information content (AvgIpc) is 3.11. The number of hydrogen-bond donors (Lipinski definition) is 2. The number of carbonyl (C=O) groups excluding carboxylic acids is 1. The molecule has 2 N–H and O–H groups in total. The molecule has 1 aromatic rings. The van der Waals surface area contributed by atoms with Gasteiger partial charge in [0, 0.05) is 22.7 Å². The highest BCUT2D eigenvalue weighted by Crippen LogP contribution is 2.47. The van der Waals surface area contributed by atoms with Crippen molar-refractivity contribution in [3.8, 4) is 0 Å². The van der Waals surface area contributed by atoms with Crippen molar-refractivity contribution in [3.05, 3.63) is 34.9 Å². The number of aliphatic hydroxyl groups is 1. The summed E-state index contributed by atoms with van der Waals surface area (Å²) in [5.74, 6) is 1.14. The monoisotopic (exact) mass is 311 g/mol. The van der Waals surface area contributed by atoms with Gasteiger partial charge in [-0.1, -0.05) is 23.7 Å². The van der Waals surface area contributed by atoms with Crippen LogP contribution in [-0.4, -0.2) is 34.7 Å². The maximum atomic E-state index is 12.1. The van der Waals surface area contributed by atoms with E-state index in [1.165, 1.54) is 5.56 Å². The summed E-state index contributed by atoms with van der Waals surface area (Å²) in [6, 6.07) is 7.84. The Morgan fingerprint density at radius 1 is 1.30 bits per heavy atom. The van der Waals surface area contributed by atoms with E-state index in [-0.39, 0.29) is 11.3 Å². The molecule has 3 nitrogen and oxygen atoms in total. The number of halogens is 1. The van der Waals surface area contributed by atoms with Gasteiger partial charge in [-0.2, -0.15) is 11.8 Å². The summed E-state index contributed by atoms with van der Waals surface area (Å²) in [5.41, 5.74) is 0.0957. The molecule has 1 aliphatic heterocycles. The van der Waals surface area contributed by atoms with Crippen LogP contribution in [0.25, 0.3) is 0 Å². The standard InChI is InChI=1S/C15H18ClNO2S/c16-12-3-1-11(2-4-12)14(5-6-14)9-17-13(18)15(19)7-8-20-10-15/h1-4,19H,5-10H2,(H,17,18). The van der Waals surface area contributed by atoms with E-state index in [0.717, 1.165) is 23.6 Å². The molecule has 0 spiro atoms. The summed E-state index contributed by atoms with van der Waals surface area (Å²) in [5, 5.41) is 13.9. The van der Waals surface area contributed by atoms with E-state index < -0.39 is 5.60 Å². The third kappa shape index (κ3) is 2.69. The molecule has 1 saturated carbocycles. The molecule has 0 aromatic heterocycles. The van der Waals surface area contributed by atoms with Crippen molar-refractivity contribution in [2.45, 2.75) is 30.3 Å². The lowest BCUT2D eigenvalue weighted by atomic mass is 9.95. The highest BCUT2D eigenvalue weighted by molar-refractivity contribution is 7.99. The largest absolute Gasteiger partial charge is 0.379 e. The molecule has 1 aromatic carbocycles. The molecule has 3 rings (SSSR count). The Kier molecular flexibility index (Phi) is 3.73. The first kappa shape index (κ1) is 14.2. The Morgan fingerprint density at radius 2 is 2.00 bits per heavy atom. The number of carbonyl (C=O) groups is 1. The number of benzene rings is 1. The molecule has 2 fully saturated rings. The summed E-state index contributed by atoms with van der Waals surface area (Å²) < 4.78 is 0. The van der Waals surface area contributed by atoms with Crippen molar-refractivity contribution >= 4 is 29.3 Å². The van der Waals surface area contributed by atoms with Crippen molar-refractivity contribution < 1.29 is 9.90 Å². The maximum Gasteiger partial charge on any atom is 0.252 e. The molecule has 1 aliphatic carbocycles. The molecular weight excluding hydrogens is 294 g/mol. The lowest BCUT2D eigenvalue weighted by Crippen LogP contribution is -2.48. The Balaban J connectivity index is 1.63. The van der Waals surface area contributed by atoms with Crippen LogP contribution in [0.2, 0.25) is 5.02 Å². The van der Waals surface area contributed by atoms with Crippen molar-refractivity contribution in [1.29, 1.82) is 0 Å². The van der Waals surface area contributed by atoms with E-state index in [1.807, 2.05) is 24.3 Å². The van der Waals surface area contributed by atoms with Gasteiger partial charge in [0.15, 0.2) is 5.60 Å². The smallest absolute Gasteiger partial charge is 0.252 e. The van der Waals surface area contributed by atoms with E-state index in [2.05, 4.69) is 5.32 Å². The third-order valence-corrected chi connectivity index (χ3v) is 5.75. The maximum absolute atomic E-state index is 12.1. The second-order valence-corrected chi connectivity index (χ2v) is 7.35. The van der Waals surface area contributed by atoms with Crippen LogP contribution in [0, 0.1) is 0 Å². The van der Waals surface area contributed by atoms with Gasteiger partial charge in [-0.15, -0.1) is 0 Å². The van der Waals surface area contributed by atoms with E-state index >= 15 is 0 Å². The minimum Gasteiger partial charge on any atom is -0.379 e. The van der Waals surface area contributed by atoms with Gasteiger partial charge >= 0.3 is 0 Å². The van der Waals surface area contributed by atoms with E-state index in [0.29, 0.717) is 18.7 Å². The van der Waals surface area contributed by atoms with Crippen LogP contribution in [0.5, 0.6) is 0 Å². The lowest BCUT2D eigenvalue weighted by molar-refractivity contribution is -0.137. The van der Waals surface area contributed by atoms with E-state index in [9.17, 15) is 9.90 Å². The summed E-state index contributed by atoms with van der Waals surface area (Å²) in [4.78, 5) is 12.1. The summed E-state index contributed by atoms with van der Waals surface area (Å²) >= 11 is 7.54. The van der Waals surface area contributed by atoms with Gasteiger partial charge in [-0.25, -0.2) is 0 Å². The molecule has 20 heavy (non-hydrogen) atoms.